The van der Waals surface area contributed by atoms with E-state index in [-0.39, 0.29) is 5.91 Å². The predicted octanol–water partition coefficient (Wildman–Crippen LogP) is 3.17. The second-order valence-corrected chi connectivity index (χ2v) is 4.86. The maximum absolute atomic E-state index is 11.4. The Morgan fingerprint density at radius 3 is 2.78 bits per heavy atom. The fraction of sp³-hybridized carbons (Fsp3) is 0.571. The first-order chi connectivity index (χ1) is 8.78. The monoisotopic (exact) mass is 247 g/mol. The maximum Gasteiger partial charge on any atom is 0.225 e. The Balaban J connectivity index is 1.86. The van der Waals surface area contributed by atoms with Gasteiger partial charge in [0.2, 0.25) is 5.91 Å². The molecular weight excluding hydrogens is 226 g/mol. The van der Waals surface area contributed by atoms with Crippen molar-refractivity contribution >= 4 is 17.4 Å². The van der Waals surface area contributed by atoms with Crippen molar-refractivity contribution < 1.29 is 4.79 Å². The minimum atomic E-state index is 0.0292. The van der Waals surface area contributed by atoms with Crippen LogP contribution in [0.3, 0.4) is 0 Å². The van der Waals surface area contributed by atoms with E-state index in [2.05, 4.69) is 15.6 Å². The number of hydrogen-bond donors (Lipinski definition) is 2. The first-order valence-electron chi connectivity index (χ1n) is 6.80. The van der Waals surface area contributed by atoms with Crippen LogP contribution in [0.1, 0.15) is 45.4 Å². The number of aromatic nitrogens is 1. The number of nitrogens with one attached hydrogen (secondary N) is 2. The molecule has 0 atom stereocenters. The first-order valence-corrected chi connectivity index (χ1v) is 6.80. The lowest BCUT2D eigenvalue weighted by atomic mass is 10.2. The van der Waals surface area contributed by atoms with Crippen LogP contribution in [-0.4, -0.2) is 16.9 Å². The fourth-order valence-corrected chi connectivity index (χ4v) is 2.29. The fourth-order valence-electron chi connectivity index (χ4n) is 2.29. The van der Waals surface area contributed by atoms with Gasteiger partial charge in [-0.15, -0.1) is 0 Å². The largest absolute Gasteiger partial charge is 0.381 e. The van der Waals surface area contributed by atoms with Gasteiger partial charge in [0.1, 0.15) is 5.82 Å². The van der Waals surface area contributed by atoms with Crippen LogP contribution in [0, 0.1) is 0 Å². The summed E-state index contributed by atoms with van der Waals surface area (Å²) in [5.41, 5.74) is 1.04. The highest BCUT2D eigenvalue weighted by molar-refractivity contribution is 5.89. The van der Waals surface area contributed by atoms with Crippen LogP contribution >= 0.6 is 0 Å². The van der Waals surface area contributed by atoms with Gasteiger partial charge < -0.3 is 10.6 Å². The number of carbonyl (C=O) groups excluding carboxylic acids is 1. The standard InChI is InChI=1S/C14H21N3O/c1-2-5-14(18)17-13-9-8-12(10-15-13)16-11-6-3-4-7-11/h8-11,16H,2-7H2,1H3,(H,15,17,18). The number of rotatable bonds is 5. The van der Waals surface area contributed by atoms with Crippen molar-refractivity contribution in [1.82, 2.24) is 4.98 Å². The average Bonchev–Trinajstić information content (AvgIpc) is 2.85. The Bertz CT molecular complexity index is 383. The third-order valence-electron chi connectivity index (χ3n) is 3.23. The van der Waals surface area contributed by atoms with Gasteiger partial charge in [-0.1, -0.05) is 19.8 Å². The molecule has 0 bridgehead atoms. The average molecular weight is 247 g/mol. The molecule has 0 unspecified atom stereocenters. The highest BCUT2D eigenvalue weighted by atomic mass is 16.1. The Morgan fingerprint density at radius 1 is 1.39 bits per heavy atom. The van der Waals surface area contributed by atoms with Gasteiger partial charge in [0.15, 0.2) is 0 Å². The van der Waals surface area contributed by atoms with Crippen molar-refractivity contribution in [2.45, 2.75) is 51.5 Å². The highest BCUT2D eigenvalue weighted by Crippen LogP contribution is 2.22. The molecule has 1 heterocycles. The van der Waals surface area contributed by atoms with Crippen LogP contribution < -0.4 is 10.6 Å². The molecule has 18 heavy (non-hydrogen) atoms. The van der Waals surface area contributed by atoms with Crippen LogP contribution in [0.15, 0.2) is 18.3 Å². The van der Waals surface area contributed by atoms with Gasteiger partial charge in [-0.2, -0.15) is 0 Å². The molecule has 4 nitrogen and oxygen atoms in total. The molecule has 1 saturated carbocycles. The number of nitrogens with zero attached hydrogens (tertiary/aromatic N) is 1. The Hall–Kier alpha value is -1.58. The Morgan fingerprint density at radius 2 is 2.17 bits per heavy atom. The zero-order valence-electron chi connectivity index (χ0n) is 10.9. The molecule has 1 amide bonds. The molecule has 1 aromatic rings. The van der Waals surface area contributed by atoms with E-state index < -0.39 is 0 Å². The predicted molar refractivity (Wildman–Crippen MR) is 73.7 cm³/mol. The zero-order chi connectivity index (χ0) is 12.8. The third-order valence-corrected chi connectivity index (χ3v) is 3.23. The van der Waals surface area contributed by atoms with Crippen molar-refractivity contribution in [2.75, 3.05) is 10.6 Å². The number of anilines is 2. The van der Waals surface area contributed by atoms with E-state index in [1.165, 1.54) is 25.7 Å². The van der Waals surface area contributed by atoms with Gasteiger partial charge in [-0.3, -0.25) is 4.79 Å². The van der Waals surface area contributed by atoms with Crippen LogP contribution in [0.4, 0.5) is 11.5 Å². The second-order valence-electron chi connectivity index (χ2n) is 4.86. The van der Waals surface area contributed by atoms with Crippen LogP contribution in [0.2, 0.25) is 0 Å². The van der Waals surface area contributed by atoms with E-state index in [0.717, 1.165) is 12.1 Å². The number of pyridine rings is 1. The van der Waals surface area contributed by atoms with E-state index >= 15 is 0 Å². The van der Waals surface area contributed by atoms with Crippen molar-refractivity contribution in [3.8, 4) is 0 Å². The smallest absolute Gasteiger partial charge is 0.225 e. The SMILES string of the molecule is CCCC(=O)Nc1ccc(NC2CCCC2)cn1. The Labute approximate surface area is 108 Å². The first kappa shape index (κ1) is 12.9. The summed E-state index contributed by atoms with van der Waals surface area (Å²) >= 11 is 0. The van der Waals surface area contributed by atoms with Crippen molar-refractivity contribution in [3.05, 3.63) is 18.3 Å². The number of amides is 1. The minimum Gasteiger partial charge on any atom is -0.381 e. The molecule has 0 radical (unpaired) electrons. The molecule has 98 valence electrons. The molecule has 2 N–H and O–H groups in total. The van der Waals surface area contributed by atoms with Crippen LogP contribution in [0.25, 0.3) is 0 Å². The van der Waals surface area contributed by atoms with Crippen LogP contribution in [-0.2, 0) is 4.79 Å². The molecule has 0 aromatic carbocycles. The van der Waals surface area contributed by atoms with Gasteiger partial charge in [-0.25, -0.2) is 4.98 Å². The molecule has 1 aromatic heterocycles. The molecule has 0 saturated heterocycles. The third kappa shape index (κ3) is 3.72. The molecule has 4 heteroatoms. The van der Waals surface area contributed by atoms with Gasteiger partial charge in [-0.05, 0) is 31.4 Å². The quantitative estimate of drug-likeness (QED) is 0.840. The van der Waals surface area contributed by atoms with E-state index in [9.17, 15) is 4.79 Å². The number of hydrogen-bond acceptors (Lipinski definition) is 3. The minimum absolute atomic E-state index is 0.0292. The summed E-state index contributed by atoms with van der Waals surface area (Å²) in [6.45, 7) is 1.99. The summed E-state index contributed by atoms with van der Waals surface area (Å²) in [5.74, 6) is 0.659. The van der Waals surface area contributed by atoms with Gasteiger partial charge in [0, 0.05) is 12.5 Å². The normalized spacial score (nSPS) is 15.6. The summed E-state index contributed by atoms with van der Waals surface area (Å²) < 4.78 is 0. The van der Waals surface area contributed by atoms with E-state index in [4.69, 9.17) is 0 Å². The molecule has 1 fully saturated rings. The maximum atomic E-state index is 11.4. The molecule has 2 rings (SSSR count). The Kier molecular flexibility index (Phi) is 4.56. The van der Waals surface area contributed by atoms with E-state index in [1.807, 2.05) is 19.1 Å². The van der Waals surface area contributed by atoms with Crippen molar-refractivity contribution in [2.24, 2.45) is 0 Å². The zero-order valence-corrected chi connectivity index (χ0v) is 10.9. The highest BCUT2D eigenvalue weighted by Gasteiger charge is 2.14. The lowest BCUT2D eigenvalue weighted by Crippen LogP contribution is -2.15. The van der Waals surface area contributed by atoms with E-state index in [1.54, 1.807) is 6.20 Å². The van der Waals surface area contributed by atoms with Crippen LogP contribution in [0.5, 0.6) is 0 Å². The number of carbonyl (C=O) groups is 1. The second kappa shape index (κ2) is 6.38. The van der Waals surface area contributed by atoms with Gasteiger partial charge >= 0.3 is 0 Å². The van der Waals surface area contributed by atoms with Crippen molar-refractivity contribution in [3.63, 3.8) is 0 Å². The molecular formula is C14H21N3O. The summed E-state index contributed by atoms with van der Waals surface area (Å²) in [6, 6.07) is 4.42. The molecule has 0 aliphatic heterocycles. The lowest BCUT2D eigenvalue weighted by molar-refractivity contribution is -0.116. The molecule has 0 spiro atoms. The molecule has 1 aliphatic carbocycles. The van der Waals surface area contributed by atoms with E-state index in [0.29, 0.717) is 18.3 Å². The summed E-state index contributed by atoms with van der Waals surface area (Å²) in [7, 11) is 0. The van der Waals surface area contributed by atoms with Gasteiger partial charge in [0.05, 0.1) is 11.9 Å². The summed E-state index contributed by atoms with van der Waals surface area (Å²) in [6.07, 6.45) is 8.31. The summed E-state index contributed by atoms with van der Waals surface area (Å²) in [4.78, 5) is 15.7. The van der Waals surface area contributed by atoms with Crippen molar-refractivity contribution in [1.29, 1.82) is 0 Å². The lowest BCUT2D eigenvalue weighted by Gasteiger charge is -2.13. The van der Waals surface area contributed by atoms with Gasteiger partial charge in [0.25, 0.3) is 0 Å². The topological polar surface area (TPSA) is 54.0 Å². The molecule has 1 aliphatic rings. The summed E-state index contributed by atoms with van der Waals surface area (Å²) in [5, 5.41) is 6.26.